The summed E-state index contributed by atoms with van der Waals surface area (Å²) in [7, 11) is 0. The summed E-state index contributed by atoms with van der Waals surface area (Å²) in [5.41, 5.74) is 0.687. The Hall–Kier alpha value is -3.38. The number of rotatable bonds is 5. The van der Waals surface area contributed by atoms with Crippen molar-refractivity contribution in [2.24, 2.45) is 0 Å². The minimum atomic E-state index is -0.618. The molecule has 3 rings (SSSR count). The molecule has 7 heteroatoms. The zero-order chi connectivity index (χ0) is 20.1. The van der Waals surface area contributed by atoms with Crippen LogP contribution in [0.15, 0.2) is 66.7 Å². The standard InChI is InChI=1S/C21H16ClFN2O3/c1-13(26)24-19-12-14(6-11-18(19)23)21(27)25-15-7-9-16(10-8-15)28-20-5-3-2-4-17(20)22/h2-12H,1H3,(H,24,26)(H,25,27). The average molecular weight is 399 g/mol. The number of para-hydroxylation sites is 1. The van der Waals surface area contributed by atoms with E-state index >= 15 is 0 Å². The fourth-order valence-corrected chi connectivity index (χ4v) is 2.59. The SMILES string of the molecule is CC(=O)Nc1cc(C(=O)Nc2ccc(Oc3ccccc3Cl)cc2)ccc1F. The van der Waals surface area contributed by atoms with Crippen LogP contribution in [0.25, 0.3) is 0 Å². The number of ether oxygens (including phenoxy) is 1. The van der Waals surface area contributed by atoms with E-state index in [1.165, 1.54) is 19.1 Å². The van der Waals surface area contributed by atoms with Crippen LogP contribution < -0.4 is 15.4 Å². The van der Waals surface area contributed by atoms with Crippen LogP contribution in [0.5, 0.6) is 11.5 Å². The van der Waals surface area contributed by atoms with Gasteiger partial charge in [0.2, 0.25) is 5.91 Å². The van der Waals surface area contributed by atoms with Gasteiger partial charge in [0.25, 0.3) is 5.91 Å². The lowest BCUT2D eigenvalue weighted by atomic mass is 10.1. The first-order chi connectivity index (χ1) is 13.4. The molecule has 0 aromatic heterocycles. The van der Waals surface area contributed by atoms with E-state index in [1.54, 1.807) is 42.5 Å². The van der Waals surface area contributed by atoms with Crippen molar-refractivity contribution < 1.29 is 18.7 Å². The van der Waals surface area contributed by atoms with Gasteiger partial charge in [0.1, 0.15) is 17.3 Å². The first-order valence-electron chi connectivity index (χ1n) is 8.33. The van der Waals surface area contributed by atoms with E-state index in [0.29, 0.717) is 22.2 Å². The molecule has 3 aromatic rings. The predicted octanol–water partition coefficient (Wildman–Crippen LogP) is 5.48. The summed E-state index contributed by atoms with van der Waals surface area (Å²) in [5, 5.41) is 5.54. The Morgan fingerprint density at radius 2 is 1.68 bits per heavy atom. The molecule has 3 aromatic carbocycles. The van der Waals surface area contributed by atoms with Gasteiger partial charge in [-0.2, -0.15) is 0 Å². The number of amides is 2. The van der Waals surface area contributed by atoms with Gasteiger partial charge in [-0.25, -0.2) is 4.39 Å². The minimum absolute atomic E-state index is 0.0522. The third-order valence-electron chi connectivity index (χ3n) is 3.72. The molecule has 0 saturated heterocycles. The van der Waals surface area contributed by atoms with E-state index < -0.39 is 17.6 Å². The molecular formula is C21H16ClFN2O3. The van der Waals surface area contributed by atoms with Gasteiger partial charge in [-0.1, -0.05) is 23.7 Å². The number of anilines is 2. The molecule has 0 aliphatic carbocycles. The van der Waals surface area contributed by atoms with Gasteiger partial charge in [0.15, 0.2) is 0 Å². The molecule has 142 valence electrons. The Labute approximate surface area is 166 Å². The molecule has 2 N–H and O–H groups in total. The van der Waals surface area contributed by atoms with Crippen molar-refractivity contribution in [1.82, 2.24) is 0 Å². The lowest BCUT2D eigenvalue weighted by Gasteiger charge is -2.10. The first kappa shape index (κ1) is 19.4. The molecule has 0 spiro atoms. The van der Waals surface area contributed by atoms with Crippen LogP contribution >= 0.6 is 11.6 Å². The van der Waals surface area contributed by atoms with E-state index in [1.807, 2.05) is 6.07 Å². The van der Waals surface area contributed by atoms with Gasteiger partial charge in [0, 0.05) is 18.2 Å². The lowest BCUT2D eigenvalue weighted by molar-refractivity contribution is -0.114. The number of benzene rings is 3. The molecule has 0 heterocycles. The monoisotopic (exact) mass is 398 g/mol. The van der Waals surface area contributed by atoms with Crippen molar-refractivity contribution in [3.63, 3.8) is 0 Å². The molecule has 28 heavy (non-hydrogen) atoms. The predicted molar refractivity (Wildman–Crippen MR) is 107 cm³/mol. The highest BCUT2D eigenvalue weighted by Gasteiger charge is 2.11. The summed E-state index contributed by atoms with van der Waals surface area (Å²) in [6.45, 7) is 1.26. The van der Waals surface area contributed by atoms with E-state index in [9.17, 15) is 14.0 Å². The molecule has 0 atom stereocenters. The van der Waals surface area contributed by atoms with Crippen LogP contribution in [0.1, 0.15) is 17.3 Å². The van der Waals surface area contributed by atoms with Gasteiger partial charge in [-0.3, -0.25) is 9.59 Å². The topological polar surface area (TPSA) is 67.4 Å². The van der Waals surface area contributed by atoms with Crippen molar-refractivity contribution in [1.29, 1.82) is 0 Å². The van der Waals surface area contributed by atoms with Gasteiger partial charge in [-0.05, 0) is 54.6 Å². The second kappa shape index (κ2) is 8.54. The number of halogens is 2. The summed E-state index contributed by atoms with van der Waals surface area (Å²) in [6, 6.07) is 17.5. The minimum Gasteiger partial charge on any atom is -0.456 e. The van der Waals surface area contributed by atoms with Crippen molar-refractivity contribution >= 4 is 34.8 Å². The third-order valence-corrected chi connectivity index (χ3v) is 4.03. The largest absolute Gasteiger partial charge is 0.456 e. The molecule has 0 unspecified atom stereocenters. The molecule has 0 bridgehead atoms. The number of nitrogens with one attached hydrogen (secondary N) is 2. The fourth-order valence-electron chi connectivity index (χ4n) is 2.42. The van der Waals surface area contributed by atoms with E-state index in [2.05, 4.69) is 10.6 Å². The van der Waals surface area contributed by atoms with Gasteiger partial charge in [0.05, 0.1) is 10.7 Å². The quantitative estimate of drug-likeness (QED) is 0.597. The smallest absolute Gasteiger partial charge is 0.255 e. The van der Waals surface area contributed by atoms with E-state index in [0.717, 1.165) is 6.07 Å². The summed E-state index contributed by atoms with van der Waals surface area (Å²) in [4.78, 5) is 23.5. The number of hydrogen-bond acceptors (Lipinski definition) is 3. The Morgan fingerprint density at radius 3 is 2.36 bits per heavy atom. The van der Waals surface area contributed by atoms with Crippen molar-refractivity contribution in [3.05, 3.63) is 83.1 Å². The molecule has 0 aliphatic heterocycles. The van der Waals surface area contributed by atoms with Crippen LogP contribution in [0.2, 0.25) is 5.02 Å². The highest BCUT2D eigenvalue weighted by Crippen LogP contribution is 2.29. The fraction of sp³-hybridized carbons (Fsp3) is 0.0476. The first-order valence-corrected chi connectivity index (χ1v) is 8.71. The van der Waals surface area contributed by atoms with Crippen LogP contribution in [-0.2, 0) is 4.79 Å². The van der Waals surface area contributed by atoms with Crippen LogP contribution in [0, 0.1) is 5.82 Å². The summed E-state index contributed by atoms with van der Waals surface area (Å²) < 4.78 is 19.4. The third kappa shape index (κ3) is 4.86. The van der Waals surface area contributed by atoms with Crippen molar-refractivity contribution in [2.75, 3.05) is 10.6 Å². The summed E-state index contributed by atoms with van der Waals surface area (Å²) in [6.07, 6.45) is 0. The Morgan fingerprint density at radius 1 is 0.964 bits per heavy atom. The Balaban J connectivity index is 1.69. The van der Waals surface area contributed by atoms with Gasteiger partial charge in [-0.15, -0.1) is 0 Å². The molecule has 0 fully saturated rings. The molecule has 2 amide bonds. The van der Waals surface area contributed by atoms with Gasteiger partial charge >= 0.3 is 0 Å². The Kier molecular flexibility index (Phi) is 5.91. The maximum atomic E-state index is 13.7. The van der Waals surface area contributed by atoms with Crippen molar-refractivity contribution in [3.8, 4) is 11.5 Å². The normalized spacial score (nSPS) is 10.2. The lowest BCUT2D eigenvalue weighted by Crippen LogP contribution is -2.14. The average Bonchev–Trinajstić information content (AvgIpc) is 2.66. The molecule has 0 radical (unpaired) electrons. The molecular weight excluding hydrogens is 383 g/mol. The highest BCUT2D eigenvalue weighted by molar-refractivity contribution is 6.32. The maximum absolute atomic E-state index is 13.7. The molecule has 0 saturated carbocycles. The van der Waals surface area contributed by atoms with Crippen LogP contribution in [0.4, 0.5) is 15.8 Å². The molecule has 5 nitrogen and oxygen atoms in total. The number of hydrogen-bond donors (Lipinski definition) is 2. The van der Waals surface area contributed by atoms with E-state index in [4.69, 9.17) is 16.3 Å². The highest BCUT2D eigenvalue weighted by atomic mass is 35.5. The van der Waals surface area contributed by atoms with Crippen LogP contribution in [-0.4, -0.2) is 11.8 Å². The van der Waals surface area contributed by atoms with Gasteiger partial charge < -0.3 is 15.4 Å². The van der Waals surface area contributed by atoms with Crippen LogP contribution in [0.3, 0.4) is 0 Å². The zero-order valence-electron chi connectivity index (χ0n) is 14.8. The molecule has 0 aliphatic rings. The second-order valence-electron chi connectivity index (χ2n) is 5.89. The number of carbonyl (C=O) groups is 2. The van der Waals surface area contributed by atoms with Crippen molar-refractivity contribution in [2.45, 2.75) is 6.92 Å². The zero-order valence-corrected chi connectivity index (χ0v) is 15.6. The summed E-state index contributed by atoms with van der Waals surface area (Å²) >= 11 is 6.06. The number of carbonyl (C=O) groups excluding carboxylic acids is 2. The Bertz CT molecular complexity index is 1020. The van der Waals surface area contributed by atoms with E-state index in [-0.39, 0.29) is 11.3 Å². The maximum Gasteiger partial charge on any atom is 0.255 e. The second-order valence-corrected chi connectivity index (χ2v) is 6.29. The summed E-state index contributed by atoms with van der Waals surface area (Å²) in [5.74, 6) is -0.400.